The molecule has 8 heteroatoms. The highest BCUT2D eigenvalue weighted by Gasteiger charge is 2.41. The van der Waals surface area contributed by atoms with Gasteiger partial charge >= 0.3 is 0 Å². The van der Waals surface area contributed by atoms with E-state index in [4.69, 9.17) is 16.3 Å². The number of rotatable bonds is 6. The van der Waals surface area contributed by atoms with Crippen LogP contribution >= 0.6 is 11.6 Å². The Morgan fingerprint density at radius 2 is 1.66 bits per heavy atom. The lowest BCUT2D eigenvalue weighted by Gasteiger charge is -2.16. The second kappa shape index (κ2) is 8.80. The number of nitrogens with one attached hydrogen (secondary N) is 1. The van der Waals surface area contributed by atoms with Crippen molar-refractivity contribution >= 4 is 40.4 Å². The highest BCUT2D eigenvalue weighted by molar-refractivity contribution is 6.48. The minimum atomic E-state index is -1.09. The highest BCUT2D eigenvalue weighted by Crippen LogP contribution is 2.37. The molecule has 5 nitrogen and oxygen atoms in total. The van der Waals surface area contributed by atoms with E-state index in [9.17, 15) is 18.4 Å². The van der Waals surface area contributed by atoms with Crippen molar-refractivity contribution in [1.82, 2.24) is 0 Å². The number of para-hydroxylation sites is 1. The predicted octanol–water partition coefficient (Wildman–Crippen LogP) is 5.41. The molecule has 0 bridgehead atoms. The molecular weight excluding hydrogens is 438 g/mol. The molecule has 0 aliphatic carbocycles. The van der Waals surface area contributed by atoms with Crippen LogP contribution in [0.4, 0.5) is 20.2 Å². The third kappa shape index (κ3) is 3.94. The molecule has 4 rings (SSSR count). The molecular formula is C24H17ClF2N2O3. The summed E-state index contributed by atoms with van der Waals surface area (Å²) in [6, 6.07) is 16.2. The van der Waals surface area contributed by atoms with Gasteiger partial charge in [-0.2, -0.15) is 0 Å². The average molecular weight is 455 g/mol. The Morgan fingerprint density at radius 1 is 0.938 bits per heavy atom. The molecule has 162 valence electrons. The van der Waals surface area contributed by atoms with Crippen molar-refractivity contribution in [1.29, 1.82) is 0 Å². The first-order valence-corrected chi connectivity index (χ1v) is 10.1. The lowest BCUT2D eigenvalue weighted by Crippen LogP contribution is -2.32. The molecule has 0 fully saturated rings. The molecule has 0 aromatic heterocycles. The number of hydrogen-bond acceptors (Lipinski definition) is 4. The van der Waals surface area contributed by atoms with Gasteiger partial charge in [0.25, 0.3) is 11.8 Å². The first kappa shape index (κ1) is 21.5. The molecule has 0 atom stereocenters. The van der Waals surface area contributed by atoms with Crippen molar-refractivity contribution in [2.24, 2.45) is 0 Å². The van der Waals surface area contributed by atoms with E-state index in [0.717, 1.165) is 17.0 Å². The Labute approximate surface area is 187 Å². The summed E-state index contributed by atoms with van der Waals surface area (Å²) in [6.07, 6.45) is 0. The summed E-state index contributed by atoms with van der Waals surface area (Å²) in [6.45, 7) is 2.32. The zero-order valence-electron chi connectivity index (χ0n) is 16.9. The van der Waals surface area contributed by atoms with Gasteiger partial charge < -0.3 is 10.1 Å². The topological polar surface area (TPSA) is 58.6 Å². The Kier molecular flexibility index (Phi) is 5.92. The van der Waals surface area contributed by atoms with E-state index < -0.39 is 23.4 Å². The van der Waals surface area contributed by atoms with Crippen LogP contribution in [-0.4, -0.2) is 18.4 Å². The number of benzene rings is 3. The summed E-state index contributed by atoms with van der Waals surface area (Å²) in [5.74, 6) is -2.78. The van der Waals surface area contributed by atoms with Gasteiger partial charge in [-0.05, 0) is 48.9 Å². The van der Waals surface area contributed by atoms with Crippen LogP contribution in [0, 0.1) is 11.6 Å². The second-order valence-corrected chi connectivity index (χ2v) is 7.27. The first-order valence-electron chi connectivity index (χ1n) is 9.73. The molecule has 0 saturated carbocycles. The van der Waals surface area contributed by atoms with Crippen LogP contribution in [0.3, 0.4) is 0 Å². The molecule has 1 heterocycles. The summed E-state index contributed by atoms with van der Waals surface area (Å²) in [7, 11) is 0. The number of nitrogens with zero attached hydrogens (tertiary/aromatic N) is 1. The highest BCUT2D eigenvalue weighted by atomic mass is 35.5. The lowest BCUT2D eigenvalue weighted by molar-refractivity contribution is -0.120. The summed E-state index contributed by atoms with van der Waals surface area (Å²) in [5.41, 5.74) is 0.776. The second-order valence-electron chi connectivity index (χ2n) is 6.86. The largest absolute Gasteiger partial charge is 0.494 e. The Hall–Kier alpha value is -3.71. The van der Waals surface area contributed by atoms with E-state index in [2.05, 4.69) is 5.32 Å². The van der Waals surface area contributed by atoms with Crippen molar-refractivity contribution in [3.63, 3.8) is 0 Å². The standard InChI is InChI=1S/C24H17ClF2N2O3/c1-2-32-16-10-7-14(8-11-16)21-22(28-15-9-12-18(26)19(27)13-15)24(31)29(23(21)30)20-6-4-3-5-17(20)25/h3-13,28H,2H2,1H3. The quantitative estimate of drug-likeness (QED) is 0.506. The maximum atomic E-state index is 13.7. The predicted molar refractivity (Wildman–Crippen MR) is 118 cm³/mol. The van der Waals surface area contributed by atoms with Crippen molar-refractivity contribution < 1.29 is 23.1 Å². The molecule has 1 N–H and O–H groups in total. The van der Waals surface area contributed by atoms with Gasteiger partial charge in [-0.1, -0.05) is 35.9 Å². The van der Waals surface area contributed by atoms with E-state index in [1.54, 1.807) is 48.5 Å². The van der Waals surface area contributed by atoms with Crippen molar-refractivity contribution in [3.05, 3.63) is 94.6 Å². The zero-order valence-corrected chi connectivity index (χ0v) is 17.6. The minimum absolute atomic E-state index is 0.0719. The van der Waals surface area contributed by atoms with Gasteiger partial charge in [0.2, 0.25) is 0 Å². The van der Waals surface area contributed by atoms with Gasteiger partial charge in [0.05, 0.1) is 22.9 Å². The van der Waals surface area contributed by atoms with Crippen molar-refractivity contribution in [3.8, 4) is 5.75 Å². The summed E-state index contributed by atoms with van der Waals surface area (Å²) in [5, 5.41) is 3.00. The maximum Gasteiger partial charge on any atom is 0.282 e. The molecule has 1 aliphatic rings. The van der Waals surface area contributed by atoms with E-state index in [1.807, 2.05) is 6.92 Å². The average Bonchev–Trinajstić information content (AvgIpc) is 3.01. The smallest absolute Gasteiger partial charge is 0.282 e. The number of anilines is 2. The Balaban J connectivity index is 1.81. The number of carbonyl (C=O) groups is 2. The fourth-order valence-corrected chi connectivity index (χ4v) is 3.59. The number of hydrogen-bond donors (Lipinski definition) is 1. The molecule has 2 amide bonds. The zero-order chi connectivity index (χ0) is 22.8. The Morgan fingerprint density at radius 3 is 2.31 bits per heavy atom. The summed E-state index contributed by atoms with van der Waals surface area (Å²) in [4.78, 5) is 27.7. The van der Waals surface area contributed by atoms with E-state index >= 15 is 0 Å². The molecule has 0 spiro atoms. The fourth-order valence-electron chi connectivity index (χ4n) is 3.37. The van der Waals surface area contributed by atoms with E-state index in [1.165, 1.54) is 6.07 Å². The van der Waals surface area contributed by atoms with Crippen LogP contribution in [0.1, 0.15) is 12.5 Å². The monoisotopic (exact) mass is 454 g/mol. The molecule has 0 radical (unpaired) electrons. The van der Waals surface area contributed by atoms with Gasteiger partial charge in [0, 0.05) is 11.8 Å². The van der Waals surface area contributed by atoms with Crippen LogP contribution in [0.2, 0.25) is 5.02 Å². The maximum absolute atomic E-state index is 13.7. The van der Waals surface area contributed by atoms with Gasteiger partial charge in [-0.15, -0.1) is 0 Å². The normalized spacial score (nSPS) is 13.7. The lowest BCUT2D eigenvalue weighted by atomic mass is 10.0. The number of halogens is 3. The van der Waals surface area contributed by atoms with E-state index in [-0.39, 0.29) is 27.7 Å². The van der Waals surface area contributed by atoms with Crippen LogP contribution in [-0.2, 0) is 9.59 Å². The molecule has 0 unspecified atom stereocenters. The number of amides is 2. The summed E-state index contributed by atoms with van der Waals surface area (Å²) >= 11 is 6.24. The Bertz CT molecular complexity index is 1240. The van der Waals surface area contributed by atoms with Crippen LogP contribution in [0.25, 0.3) is 5.57 Å². The third-order valence-corrected chi connectivity index (χ3v) is 5.14. The molecule has 1 aliphatic heterocycles. The molecule has 3 aromatic rings. The van der Waals surface area contributed by atoms with Gasteiger partial charge in [-0.25, -0.2) is 13.7 Å². The van der Waals surface area contributed by atoms with Gasteiger partial charge in [0.15, 0.2) is 11.6 Å². The third-order valence-electron chi connectivity index (χ3n) is 4.82. The van der Waals surface area contributed by atoms with Crippen molar-refractivity contribution in [2.45, 2.75) is 6.92 Å². The van der Waals surface area contributed by atoms with E-state index in [0.29, 0.717) is 17.9 Å². The SMILES string of the molecule is CCOc1ccc(C2=C(Nc3ccc(F)c(F)c3)C(=O)N(c3ccccc3Cl)C2=O)cc1. The fraction of sp³-hybridized carbons (Fsp3) is 0.0833. The molecule has 0 saturated heterocycles. The first-order chi connectivity index (χ1) is 15.4. The van der Waals surface area contributed by atoms with Crippen LogP contribution in [0.15, 0.2) is 72.4 Å². The van der Waals surface area contributed by atoms with Crippen molar-refractivity contribution in [2.75, 3.05) is 16.8 Å². The summed E-state index contributed by atoms with van der Waals surface area (Å²) < 4.78 is 32.5. The number of imide groups is 1. The molecule has 32 heavy (non-hydrogen) atoms. The van der Waals surface area contributed by atoms with Crippen LogP contribution in [0.5, 0.6) is 5.75 Å². The van der Waals surface area contributed by atoms with Crippen LogP contribution < -0.4 is 15.0 Å². The van der Waals surface area contributed by atoms with Gasteiger partial charge in [-0.3, -0.25) is 9.59 Å². The number of carbonyl (C=O) groups excluding carboxylic acids is 2. The number of ether oxygens (including phenoxy) is 1. The minimum Gasteiger partial charge on any atom is -0.494 e. The van der Waals surface area contributed by atoms with Gasteiger partial charge in [0.1, 0.15) is 11.4 Å². The molecule has 3 aromatic carbocycles.